The van der Waals surface area contributed by atoms with Crippen molar-refractivity contribution in [1.29, 1.82) is 0 Å². The molecule has 1 aliphatic heterocycles. The van der Waals surface area contributed by atoms with E-state index in [1.165, 1.54) is 0 Å². The van der Waals surface area contributed by atoms with E-state index in [-0.39, 0.29) is 36.6 Å². The number of Topliss-reactive ketones (excluding diaryl/α,β-unsaturated/α-hetero) is 1. The van der Waals surface area contributed by atoms with Gasteiger partial charge in [-0.2, -0.15) is 0 Å². The van der Waals surface area contributed by atoms with Crippen LogP contribution in [0.15, 0.2) is 78.9 Å². The third-order valence-electron chi connectivity index (χ3n) is 5.63. The van der Waals surface area contributed by atoms with E-state index in [0.717, 1.165) is 22.4 Å². The van der Waals surface area contributed by atoms with Crippen molar-refractivity contribution in [2.45, 2.75) is 25.2 Å². The predicted molar refractivity (Wildman–Crippen MR) is 118 cm³/mol. The highest BCUT2D eigenvalue weighted by Gasteiger charge is 2.27. The summed E-state index contributed by atoms with van der Waals surface area (Å²) >= 11 is 0. The lowest BCUT2D eigenvalue weighted by molar-refractivity contribution is -0.142. The Morgan fingerprint density at radius 1 is 0.935 bits per heavy atom. The van der Waals surface area contributed by atoms with Gasteiger partial charge in [-0.15, -0.1) is 0 Å². The van der Waals surface area contributed by atoms with Gasteiger partial charge in [0.05, 0.1) is 12.3 Å². The van der Waals surface area contributed by atoms with Gasteiger partial charge in [0.25, 0.3) is 0 Å². The summed E-state index contributed by atoms with van der Waals surface area (Å²) in [6.45, 7) is 1.46. The van der Waals surface area contributed by atoms with Gasteiger partial charge in [0.2, 0.25) is 5.91 Å². The first-order valence-corrected chi connectivity index (χ1v) is 10.3. The van der Waals surface area contributed by atoms with Crippen LogP contribution in [0.4, 0.5) is 5.69 Å². The average molecular weight is 413 g/mol. The van der Waals surface area contributed by atoms with Crippen LogP contribution in [0.3, 0.4) is 0 Å². The highest BCUT2D eigenvalue weighted by Crippen LogP contribution is 2.33. The molecule has 1 amide bonds. The monoisotopic (exact) mass is 413 g/mol. The molecule has 3 aromatic rings. The van der Waals surface area contributed by atoms with E-state index < -0.39 is 5.97 Å². The molecule has 0 saturated carbocycles. The molecule has 0 aromatic heterocycles. The molecule has 1 N–H and O–H groups in total. The fourth-order valence-electron chi connectivity index (χ4n) is 3.84. The van der Waals surface area contributed by atoms with Crippen LogP contribution in [0, 0.1) is 0 Å². The summed E-state index contributed by atoms with van der Waals surface area (Å²) < 4.78 is 5.33. The summed E-state index contributed by atoms with van der Waals surface area (Å²) in [6, 6.07) is 24.6. The number of nitrogens with one attached hydrogen (secondary N) is 1. The Hall–Kier alpha value is -3.73. The molecule has 0 unspecified atom stereocenters. The molecule has 4 rings (SSSR count). The molecule has 156 valence electrons. The molecule has 0 radical (unpaired) electrons. The molecule has 5 nitrogen and oxygen atoms in total. The van der Waals surface area contributed by atoms with E-state index in [1.807, 2.05) is 60.7 Å². The number of ketones is 1. The second kappa shape index (κ2) is 8.96. The maximum Gasteiger partial charge on any atom is 0.307 e. The number of amides is 1. The van der Waals surface area contributed by atoms with E-state index in [1.54, 1.807) is 25.1 Å². The van der Waals surface area contributed by atoms with Crippen molar-refractivity contribution in [3.8, 4) is 0 Å². The van der Waals surface area contributed by atoms with Crippen LogP contribution >= 0.6 is 0 Å². The summed E-state index contributed by atoms with van der Waals surface area (Å²) in [5, 5.41) is 2.78. The van der Waals surface area contributed by atoms with Crippen LogP contribution in [-0.2, 0) is 14.3 Å². The largest absolute Gasteiger partial charge is 0.457 e. The Labute approximate surface area is 181 Å². The van der Waals surface area contributed by atoms with Gasteiger partial charge in [-0.25, -0.2) is 0 Å². The van der Waals surface area contributed by atoms with Gasteiger partial charge >= 0.3 is 5.97 Å². The second-order valence-corrected chi connectivity index (χ2v) is 7.67. The van der Waals surface area contributed by atoms with Crippen molar-refractivity contribution >= 4 is 23.3 Å². The lowest BCUT2D eigenvalue weighted by Crippen LogP contribution is -2.17. The summed E-state index contributed by atoms with van der Waals surface area (Å²) in [5.41, 5.74) is 3.97. The number of carbonyl (C=O) groups is 3. The van der Waals surface area contributed by atoms with Gasteiger partial charge in [0, 0.05) is 17.2 Å². The van der Waals surface area contributed by atoms with Crippen LogP contribution in [-0.4, -0.2) is 24.3 Å². The number of benzene rings is 3. The Morgan fingerprint density at radius 2 is 1.55 bits per heavy atom. The molecule has 1 atom stereocenters. The molecule has 0 fully saturated rings. The van der Waals surface area contributed by atoms with Gasteiger partial charge in [0.1, 0.15) is 0 Å². The van der Waals surface area contributed by atoms with Crippen LogP contribution in [0.5, 0.6) is 0 Å². The lowest BCUT2D eigenvalue weighted by atomic mass is 9.89. The predicted octanol–water partition coefficient (Wildman–Crippen LogP) is 4.69. The fourth-order valence-corrected chi connectivity index (χ4v) is 3.84. The normalized spacial score (nSPS) is 14.8. The minimum atomic E-state index is -0.433. The minimum absolute atomic E-state index is 0.0844. The van der Waals surface area contributed by atoms with Gasteiger partial charge < -0.3 is 10.1 Å². The second-order valence-electron chi connectivity index (χ2n) is 7.67. The van der Waals surface area contributed by atoms with E-state index in [4.69, 9.17) is 4.74 Å². The first-order valence-electron chi connectivity index (χ1n) is 10.3. The smallest absolute Gasteiger partial charge is 0.307 e. The minimum Gasteiger partial charge on any atom is -0.457 e. The van der Waals surface area contributed by atoms with Crippen molar-refractivity contribution in [2.75, 3.05) is 11.9 Å². The molecule has 0 bridgehead atoms. The summed E-state index contributed by atoms with van der Waals surface area (Å²) in [4.78, 5) is 37.0. The summed E-state index contributed by atoms with van der Waals surface area (Å²) in [7, 11) is 0. The molecule has 0 saturated heterocycles. The van der Waals surface area contributed by atoms with Gasteiger partial charge in [-0.3, -0.25) is 14.4 Å². The van der Waals surface area contributed by atoms with E-state index in [2.05, 4.69) is 5.32 Å². The zero-order valence-electron chi connectivity index (χ0n) is 17.2. The Kier molecular flexibility index (Phi) is 5.94. The van der Waals surface area contributed by atoms with Crippen LogP contribution in [0.2, 0.25) is 0 Å². The topological polar surface area (TPSA) is 72.5 Å². The number of fused-ring (bicyclic) bond motifs is 1. The Bertz CT molecular complexity index is 1070. The molecular formula is C26H23NO4. The zero-order chi connectivity index (χ0) is 21.8. The molecule has 0 spiro atoms. The average Bonchev–Trinajstić information content (AvgIpc) is 3.10. The van der Waals surface area contributed by atoms with Crippen molar-refractivity contribution in [3.05, 3.63) is 101 Å². The number of esters is 1. The number of anilines is 1. The number of hydrogen-bond donors (Lipinski definition) is 1. The van der Waals surface area contributed by atoms with E-state index in [9.17, 15) is 14.4 Å². The standard InChI is InChI=1S/C26H23NO4/c1-17-21-14-20(12-13-23(21)27-26(17)30)24(28)16-31-25(29)15-22(18-8-4-2-5-9-18)19-10-6-3-7-11-19/h2-14,17,22H,15-16H2,1H3,(H,27,30)/t17-/m0/s1. The molecule has 0 aliphatic carbocycles. The van der Waals surface area contributed by atoms with Gasteiger partial charge in [0.15, 0.2) is 12.4 Å². The molecule has 31 heavy (non-hydrogen) atoms. The lowest BCUT2D eigenvalue weighted by Gasteiger charge is -2.17. The first kappa shape index (κ1) is 20.5. The highest BCUT2D eigenvalue weighted by molar-refractivity contribution is 6.05. The van der Waals surface area contributed by atoms with E-state index in [0.29, 0.717) is 5.56 Å². The number of hydrogen-bond acceptors (Lipinski definition) is 4. The fraction of sp³-hybridized carbons (Fsp3) is 0.192. The SMILES string of the molecule is C[C@@H]1C(=O)Nc2ccc(C(=O)COC(=O)CC(c3ccccc3)c3ccccc3)cc21. The zero-order valence-corrected chi connectivity index (χ0v) is 17.2. The molecule has 1 aliphatic rings. The number of carbonyl (C=O) groups excluding carboxylic acids is 3. The third kappa shape index (κ3) is 4.56. The first-order chi connectivity index (χ1) is 15.0. The van der Waals surface area contributed by atoms with Crippen molar-refractivity contribution in [3.63, 3.8) is 0 Å². The quantitative estimate of drug-likeness (QED) is 0.451. The Balaban J connectivity index is 1.42. The van der Waals surface area contributed by atoms with Crippen LogP contribution < -0.4 is 5.32 Å². The van der Waals surface area contributed by atoms with Gasteiger partial charge in [-0.05, 0) is 41.8 Å². The maximum atomic E-state index is 12.6. The maximum absolute atomic E-state index is 12.6. The van der Waals surface area contributed by atoms with Crippen LogP contribution in [0.1, 0.15) is 52.2 Å². The van der Waals surface area contributed by atoms with Crippen molar-refractivity contribution in [1.82, 2.24) is 0 Å². The molecule has 3 aromatic carbocycles. The van der Waals surface area contributed by atoms with Crippen molar-refractivity contribution < 1.29 is 19.1 Å². The van der Waals surface area contributed by atoms with E-state index >= 15 is 0 Å². The highest BCUT2D eigenvalue weighted by atomic mass is 16.5. The third-order valence-corrected chi connectivity index (χ3v) is 5.63. The molecule has 1 heterocycles. The van der Waals surface area contributed by atoms with Crippen molar-refractivity contribution in [2.24, 2.45) is 0 Å². The summed E-state index contributed by atoms with van der Waals surface area (Å²) in [6.07, 6.45) is 0.140. The molecule has 5 heteroatoms. The number of rotatable bonds is 7. The molecular weight excluding hydrogens is 390 g/mol. The Morgan fingerprint density at radius 3 is 2.16 bits per heavy atom. The number of ether oxygens (including phenoxy) is 1. The van der Waals surface area contributed by atoms with Gasteiger partial charge in [-0.1, -0.05) is 60.7 Å². The summed E-state index contributed by atoms with van der Waals surface area (Å²) in [5.74, 6) is -1.26. The van der Waals surface area contributed by atoms with Crippen LogP contribution in [0.25, 0.3) is 0 Å².